The summed E-state index contributed by atoms with van der Waals surface area (Å²) in [7, 11) is 0. The van der Waals surface area contributed by atoms with E-state index in [1.807, 2.05) is 0 Å². The molecule has 0 aliphatic rings. The zero-order chi connectivity index (χ0) is 5.86. The number of carbonyl (C=O) groups excluding carboxylic acids is 1. The van der Waals surface area contributed by atoms with E-state index in [1.54, 1.807) is 0 Å². The summed E-state index contributed by atoms with van der Waals surface area (Å²) in [5.74, 6) is -0.125. The molecule has 0 saturated heterocycles. The van der Waals surface area contributed by atoms with Crippen molar-refractivity contribution in [3.63, 3.8) is 0 Å². The van der Waals surface area contributed by atoms with Gasteiger partial charge >= 0.3 is 0 Å². The fourth-order valence-electron chi connectivity index (χ4n) is 0.268. The maximum Gasteiger partial charge on any atom is 0.137 e. The molecule has 0 fully saturated rings. The van der Waals surface area contributed by atoms with Gasteiger partial charge in [-0.15, -0.1) is 0 Å². The molecule has 0 unspecified atom stereocenters. The van der Waals surface area contributed by atoms with E-state index in [9.17, 15) is 4.79 Å². The highest BCUT2D eigenvalue weighted by Gasteiger charge is 1.91. The van der Waals surface area contributed by atoms with Crippen molar-refractivity contribution in [2.24, 2.45) is 5.73 Å². The van der Waals surface area contributed by atoms with Crippen molar-refractivity contribution in [3.8, 4) is 0 Å². The summed E-state index contributed by atoms with van der Waals surface area (Å²) in [5.41, 5.74) is 4.86. The van der Waals surface area contributed by atoms with Crippen LogP contribution in [0.15, 0.2) is 0 Å². The number of amidine groups is 1. The van der Waals surface area contributed by atoms with Crippen molar-refractivity contribution in [2.75, 3.05) is 0 Å². The summed E-state index contributed by atoms with van der Waals surface area (Å²) < 4.78 is 0. The van der Waals surface area contributed by atoms with Crippen molar-refractivity contribution in [3.05, 3.63) is 0 Å². The molecular weight excluding hydrogens is 104 g/mol. The van der Waals surface area contributed by atoms with Crippen LogP contribution in [0.2, 0.25) is 0 Å². The standard InChI is InChI=1S/C4H8N2O.CH4/c1-3(7)2-4(5)6;/h2H2,1H3,(H3,5,6);1H4. The summed E-state index contributed by atoms with van der Waals surface area (Å²) in [6.07, 6.45) is 0.0833. The number of hydrogen-bond acceptors (Lipinski definition) is 2. The number of carbonyl (C=O) groups is 1. The lowest BCUT2D eigenvalue weighted by Gasteiger charge is -1.86. The first-order chi connectivity index (χ1) is 3.13. The lowest BCUT2D eigenvalue weighted by molar-refractivity contribution is -0.115. The van der Waals surface area contributed by atoms with Gasteiger partial charge in [0.05, 0.1) is 12.3 Å². The van der Waals surface area contributed by atoms with Gasteiger partial charge in [0.2, 0.25) is 0 Å². The van der Waals surface area contributed by atoms with E-state index in [4.69, 9.17) is 11.1 Å². The molecule has 0 aromatic rings. The average Bonchev–Trinajstić information content (AvgIpc) is 1.27. The summed E-state index contributed by atoms with van der Waals surface area (Å²) in [5, 5.41) is 6.58. The molecule has 3 heteroatoms. The molecule has 0 aliphatic heterocycles. The van der Waals surface area contributed by atoms with Gasteiger partial charge in [-0.2, -0.15) is 0 Å². The Kier molecular flexibility index (Phi) is 5.48. The average molecular weight is 116 g/mol. The Labute approximate surface area is 49.4 Å². The second-order valence-corrected chi connectivity index (χ2v) is 1.40. The van der Waals surface area contributed by atoms with Crippen LogP contribution < -0.4 is 5.73 Å². The molecule has 0 aromatic heterocycles. The molecule has 0 saturated carbocycles. The molecule has 0 aromatic carbocycles. The first-order valence-corrected chi connectivity index (χ1v) is 1.95. The first-order valence-electron chi connectivity index (χ1n) is 1.95. The van der Waals surface area contributed by atoms with Crippen molar-refractivity contribution in [2.45, 2.75) is 20.8 Å². The topological polar surface area (TPSA) is 66.9 Å². The Hall–Kier alpha value is -0.860. The molecule has 0 atom stereocenters. The summed E-state index contributed by atoms with van der Waals surface area (Å²) in [6.45, 7) is 1.40. The molecular formula is C5H12N2O. The number of rotatable bonds is 2. The minimum atomic E-state index is -0.0625. The highest BCUT2D eigenvalue weighted by Crippen LogP contribution is 1.75. The van der Waals surface area contributed by atoms with Gasteiger partial charge in [-0.25, -0.2) is 0 Å². The van der Waals surface area contributed by atoms with E-state index < -0.39 is 0 Å². The van der Waals surface area contributed by atoms with Crippen LogP contribution in [0.3, 0.4) is 0 Å². The van der Waals surface area contributed by atoms with Crippen molar-refractivity contribution >= 4 is 11.6 Å². The summed E-state index contributed by atoms with van der Waals surface area (Å²) >= 11 is 0. The van der Waals surface area contributed by atoms with E-state index >= 15 is 0 Å². The van der Waals surface area contributed by atoms with Crippen LogP contribution >= 0.6 is 0 Å². The molecule has 0 radical (unpaired) electrons. The van der Waals surface area contributed by atoms with Crippen LogP contribution in [0.4, 0.5) is 0 Å². The maximum absolute atomic E-state index is 10.0. The fraction of sp³-hybridized carbons (Fsp3) is 0.600. The minimum Gasteiger partial charge on any atom is -0.387 e. The van der Waals surface area contributed by atoms with Crippen molar-refractivity contribution in [1.82, 2.24) is 0 Å². The number of nitrogens with two attached hydrogens (primary N) is 1. The molecule has 0 spiro atoms. The SMILES string of the molecule is C.CC(=O)CC(=N)N. The molecule has 0 rings (SSSR count). The first kappa shape index (κ1) is 10.2. The Morgan fingerprint density at radius 3 is 2.12 bits per heavy atom. The van der Waals surface area contributed by atoms with E-state index in [1.165, 1.54) is 6.92 Å². The molecule has 3 nitrogen and oxygen atoms in total. The largest absolute Gasteiger partial charge is 0.387 e. The van der Waals surface area contributed by atoms with E-state index in [-0.39, 0.29) is 25.5 Å². The predicted octanol–water partition coefficient (Wildman–Crippen LogP) is 0.538. The van der Waals surface area contributed by atoms with Crippen LogP contribution in [0.5, 0.6) is 0 Å². The van der Waals surface area contributed by atoms with Crippen LogP contribution in [0, 0.1) is 5.41 Å². The minimum absolute atomic E-state index is 0. The van der Waals surface area contributed by atoms with Crippen LogP contribution in [-0.2, 0) is 4.79 Å². The zero-order valence-corrected chi connectivity index (χ0v) is 4.19. The molecule has 48 valence electrons. The Morgan fingerprint density at radius 2 is 2.12 bits per heavy atom. The number of hydrogen-bond donors (Lipinski definition) is 2. The molecule has 0 amide bonds. The third-order valence-corrected chi connectivity index (χ3v) is 0.439. The number of ketones is 1. The van der Waals surface area contributed by atoms with Gasteiger partial charge in [-0.1, -0.05) is 7.43 Å². The Morgan fingerprint density at radius 1 is 1.75 bits per heavy atom. The predicted molar refractivity (Wildman–Crippen MR) is 33.9 cm³/mol. The highest BCUT2D eigenvalue weighted by molar-refractivity contribution is 5.97. The third kappa shape index (κ3) is 8.94. The van der Waals surface area contributed by atoms with Gasteiger partial charge < -0.3 is 5.73 Å². The van der Waals surface area contributed by atoms with Gasteiger partial charge in [0, 0.05) is 0 Å². The molecule has 3 N–H and O–H groups in total. The van der Waals surface area contributed by atoms with Gasteiger partial charge in [0.1, 0.15) is 5.78 Å². The maximum atomic E-state index is 10.0. The monoisotopic (exact) mass is 116 g/mol. The van der Waals surface area contributed by atoms with Crippen molar-refractivity contribution < 1.29 is 4.79 Å². The molecule has 0 heterocycles. The van der Waals surface area contributed by atoms with Gasteiger partial charge in [-0.05, 0) is 6.92 Å². The second-order valence-electron chi connectivity index (χ2n) is 1.40. The Balaban J connectivity index is 0. The van der Waals surface area contributed by atoms with Crippen LogP contribution in [-0.4, -0.2) is 11.6 Å². The lowest BCUT2D eigenvalue weighted by atomic mass is 10.3. The van der Waals surface area contributed by atoms with Gasteiger partial charge in [0.25, 0.3) is 0 Å². The number of Topliss-reactive ketones (excluding diaryl/α,β-unsaturated/α-hetero) is 1. The Bertz CT molecular complexity index is 86.6. The van der Waals surface area contributed by atoms with E-state index in [0.29, 0.717) is 0 Å². The summed E-state index contributed by atoms with van der Waals surface area (Å²) in [4.78, 5) is 10.0. The smallest absolute Gasteiger partial charge is 0.137 e. The van der Waals surface area contributed by atoms with Crippen LogP contribution in [0.25, 0.3) is 0 Å². The number of nitrogens with one attached hydrogen (secondary N) is 1. The van der Waals surface area contributed by atoms with Gasteiger partial charge in [0.15, 0.2) is 0 Å². The summed E-state index contributed by atoms with van der Waals surface area (Å²) in [6, 6.07) is 0. The van der Waals surface area contributed by atoms with Crippen molar-refractivity contribution in [1.29, 1.82) is 5.41 Å². The molecule has 0 bridgehead atoms. The van der Waals surface area contributed by atoms with Crippen LogP contribution in [0.1, 0.15) is 20.8 Å². The van der Waals surface area contributed by atoms with Gasteiger partial charge in [-0.3, -0.25) is 10.2 Å². The van der Waals surface area contributed by atoms with E-state index in [0.717, 1.165) is 0 Å². The fourth-order valence-corrected chi connectivity index (χ4v) is 0.268. The zero-order valence-electron chi connectivity index (χ0n) is 4.19. The third-order valence-electron chi connectivity index (χ3n) is 0.439. The lowest BCUT2D eigenvalue weighted by Crippen LogP contribution is -2.12. The molecule has 0 aliphatic carbocycles. The second kappa shape index (κ2) is 4.30. The van der Waals surface area contributed by atoms with E-state index in [2.05, 4.69) is 0 Å². The highest BCUT2D eigenvalue weighted by atomic mass is 16.1. The normalized spacial score (nSPS) is 7.12. The molecule has 8 heavy (non-hydrogen) atoms. The quantitative estimate of drug-likeness (QED) is 0.408.